The molecule has 2 aromatic heterocycles. The molecule has 1 N–H and O–H groups in total. The molecule has 0 spiro atoms. The van der Waals surface area contributed by atoms with E-state index >= 15 is 0 Å². The van der Waals surface area contributed by atoms with E-state index in [1.165, 1.54) is 5.56 Å². The lowest BCUT2D eigenvalue weighted by Crippen LogP contribution is -2.30. The number of hydrogen-bond donors (Lipinski definition) is 1. The molecule has 0 fully saturated rings. The number of H-pyrrole nitrogens is 1. The lowest BCUT2D eigenvalue weighted by molar-refractivity contribution is -0.144. The van der Waals surface area contributed by atoms with Crippen LogP contribution in [0.4, 0.5) is 0 Å². The van der Waals surface area contributed by atoms with Crippen LogP contribution < -0.4 is 5.69 Å². The molecule has 0 aliphatic carbocycles. The Morgan fingerprint density at radius 3 is 2.67 bits per heavy atom. The fraction of sp³-hybridized carbons (Fsp3) is 0.385. The van der Waals surface area contributed by atoms with Gasteiger partial charge in [0.15, 0.2) is 0 Å². The first-order valence-corrected chi connectivity index (χ1v) is 12.3. The first-order chi connectivity index (χ1) is 15.9. The van der Waals surface area contributed by atoms with Crippen LogP contribution in [0.1, 0.15) is 63.2 Å². The highest BCUT2D eigenvalue weighted by molar-refractivity contribution is 9.10. The van der Waals surface area contributed by atoms with Crippen LogP contribution in [0.15, 0.2) is 51.9 Å². The van der Waals surface area contributed by atoms with Gasteiger partial charge in [0.25, 0.3) is 0 Å². The molecule has 0 saturated carbocycles. The quantitative estimate of drug-likeness (QED) is 0.284. The number of imidazole rings is 1. The van der Waals surface area contributed by atoms with Crippen molar-refractivity contribution < 1.29 is 9.53 Å². The Bertz CT molecular complexity index is 1360. The Kier molecular flexibility index (Phi) is 6.79. The minimum atomic E-state index is -0.277. The SMILES string of the molecule is CCCC(CC(=O)OCC)n1c(=O)n(C(C)c2c[nH]c3cccc(C)c23)c2cc(Br)ccc21. The van der Waals surface area contributed by atoms with Gasteiger partial charge < -0.3 is 9.72 Å². The van der Waals surface area contributed by atoms with Crippen LogP contribution in [0.2, 0.25) is 0 Å². The molecule has 4 rings (SSSR count). The summed E-state index contributed by atoms with van der Waals surface area (Å²) in [7, 11) is 0. The van der Waals surface area contributed by atoms with E-state index in [4.69, 9.17) is 4.74 Å². The molecule has 0 amide bonds. The van der Waals surface area contributed by atoms with Crippen molar-refractivity contribution in [2.45, 2.75) is 59.0 Å². The second-order valence-corrected chi connectivity index (χ2v) is 9.44. The predicted molar refractivity (Wildman–Crippen MR) is 136 cm³/mol. The molecule has 0 bridgehead atoms. The summed E-state index contributed by atoms with van der Waals surface area (Å²) in [6.45, 7) is 8.34. The lowest BCUT2D eigenvalue weighted by Gasteiger charge is -2.18. The normalized spacial score (nSPS) is 13.5. The molecular weight excluding hydrogens is 482 g/mol. The third-order valence-corrected chi connectivity index (χ3v) is 6.84. The summed E-state index contributed by atoms with van der Waals surface area (Å²) in [6, 6.07) is 11.6. The molecule has 0 aliphatic heterocycles. The second-order valence-electron chi connectivity index (χ2n) is 8.52. The number of fused-ring (bicyclic) bond motifs is 2. The first kappa shape index (κ1) is 23.4. The van der Waals surface area contributed by atoms with Gasteiger partial charge in [-0.1, -0.05) is 41.4 Å². The van der Waals surface area contributed by atoms with E-state index in [2.05, 4.69) is 53.8 Å². The van der Waals surface area contributed by atoms with Gasteiger partial charge in [-0.05, 0) is 57.0 Å². The molecule has 2 heterocycles. The van der Waals surface area contributed by atoms with Crippen molar-refractivity contribution in [1.82, 2.24) is 14.1 Å². The fourth-order valence-electron chi connectivity index (χ4n) is 4.88. The van der Waals surface area contributed by atoms with Gasteiger partial charge in [0.05, 0.1) is 30.1 Å². The number of nitrogens with zero attached hydrogens (tertiary/aromatic N) is 2. The zero-order valence-corrected chi connectivity index (χ0v) is 21.1. The summed E-state index contributed by atoms with van der Waals surface area (Å²) in [4.78, 5) is 29.7. The number of nitrogens with one attached hydrogen (secondary N) is 1. The number of aromatic amines is 1. The molecule has 7 heteroatoms. The number of rotatable bonds is 8. The van der Waals surface area contributed by atoms with Gasteiger partial charge in [0.1, 0.15) is 0 Å². The van der Waals surface area contributed by atoms with Crippen molar-refractivity contribution in [1.29, 1.82) is 0 Å². The van der Waals surface area contributed by atoms with Crippen LogP contribution in [-0.2, 0) is 9.53 Å². The predicted octanol–water partition coefficient (Wildman–Crippen LogP) is 6.26. The van der Waals surface area contributed by atoms with E-state index < -0.39 is 0 Å². The highest BCUT2D eigenvalue weighted by atomic mass is 79.9. The summed E-state index contributed by atoms with van der Waals surface area (Å²) in [5, 5.41) is 1.14. The van der Waals surface area contributed by atoms with Crippen LogP contribution >= 0.6 is 15.9 Å². The summed E-state index contributed by atoms with van der Waals surface area (Å²) < 4.78 is 9.76. The molecular formula is C26H30BrN3O3. The summed E-state index contributed by atoms with van der Waals surface area (Å²) in [5.41, 5.74) is 4.85. The number of hydrogen-bond acceptors (Lipinski definition) is 3. The highest BCUT2D eigenvalue weighted by Crippen LogP contribution is 2.33. The number of aryl methyl sites for hydroxylation is 1. The van der Waals surface area contributed by atoms with Crippen LogP contribution in [0.3, 0.4) is 0 Å². The molecule has 2 unspecified atom stereocenters. The van der Waals surface area contributed by atoms with Crippen molar-refractivity contribution in [3.63, 3.8) is 0 Å². The standard InChI is InChI=1S/C26H30BrN3O3/c1-5-8-19(14-24(31)33-6-2)30-22-12-11-18(27)13-23(22)29(26(30)32)17(4)20-15-28-21-10-7-9-16(3)25(20)21/h7,9-13,15,17,19,28H,5-6,8,14H2,1-4H3. The molecule has 33 heavy (non-hydrogen) atoms. The minimum absolute atomic E-state index is 0.110. The van der Waals surface area contributed by atoms with Crippen molar-refractivity contribution in [2.75, 3.05) is 6.61 Å². The van der Waals surface area contributed by atoms with Crippen molar-refractivity contribution in [3.05, 3.63) is 68.7 Å². The molecule has 174 valence electrons. The van der Waals surface area contributed by atoms with Crippen molar-refractivity contribution in [3.8, 4) is 0 Å². The number of carbonyl (C=O) groups excluding carboxylic acids is 1. The zero-order chi connectivity index (χ0) is 23.7. The number of halogens is 1. The summed E-state index contributed by atoms with van der Waals surface area (Å²) in [6.07, 6.45) is 3.75. The van der Waals surface area contributed by atoms with Gasteiger partial charge in [-0.3, -0.25) is 13.9 Å². The number of aromatic nitrogens is 3. The molecule has 0 radical (unpaired) electrons. The second kappa shape index (κ2) is 9.59. The lowest BCUT2D eigenvalue weighted by atomic mass is 10.0. The Morgan fingerprint density at radius 1 is 1.15 bits per heavy atom. The summed E-state index contributed by atoms with van der Waals surface area (Å²) >= 11 is 3.57. The molecule has 2 aromatic carbocycles. The van der Waals surface area contributed by atoms with Gasteiger partial charge >= 0.3 is 11.7 Å². The summed E-state index contributed by atoms with van der Waals surface area (Å²) in [5.74, 6) is -0.277. The van der Waals surface area contributed by atoms with Gasteiger partial charge in [-0.25, -0.2) is 4.79 Å². The van der Waals surface area contributed by atoms with Crippen LogP contribution in [-0.4, -0.2) is 26.7 Å². The third kappa shape index (κ3) is 4.26. The molecule has 2 atom stereocenters. The monoisotopic (exact) mass is 511 g/mol. The first-order valence-electron chi connectivity index (χ1n) is 11.5. The van der Waals surface area contributed by atoms with E-state index in [0.29, 0.717) is 13.0 Å². The highest BCUT2D eigenvalue weighted by Gasteiger charge is 2.26. The number of carbonyl (C=O) groups is 1. The van der Waals surface area contributed by atoms with Gasteiger partial charge in [-0.15, -0.1) is 0 Å². The van der Waals surface area contributed by atoms with Crippen molar-refractivity contribution >= 4 is 43.8 Å². The largest absolute Gasteiger partial charge is 0.466 e. The number of esters is 1. The van der Waals surface area contributed by atoms with Gasteiger partial charge in [-0.2, -0.15) is 0 Å². The van der Waals surface area contributed by atoms with Crippen LogP contribution in [0, 0.1) is 6.92 Å². The number of ether oxygens (including phenoxy) is 1. The molecule has 0 aliphatic rings. The maximum atomic E-state index is 14.0. The maximum Gasteiger partial charge on any atom is 0.329 e. The zero-order valence-electron chi connectivity index (χ0n) is 19.5. The molecule has 0 saturated heterocycles. The smallest absolute Gasteiger partial charge is 0.329 e. The van der Waals surface area contributed by atoms with E-state index in [1.807, 2.05) is 35.0 Å². The molecule has 6 nitrogen and oxygen atoms in total. The van der Waals surface area contributed by atoms with E-state index in [9.17, 15) is 9.59 Å². The minimum Gasteiger partial charge on any atom is -0.466 e. The average Bonchev–Trinajstić information content (AvgIpc) is 3.32. The Hall–Kier alpha value is -2.80. The van der Waals surface area contributed by atoms with E-state index in [1.54, 1.807) is 11.5 Å². The molecule has 4 aromatic rings. The van der Waals surface area contributed by atoms with Gasteiger partial charge in [0.2, 0.25) is 0 Å². The van der Waals surface area contributed by atoms with E-state index in [0.717, 1.165) is 38.4 Å². The fourth-order valence-corrected chi connectivity index (χ4v) is 5.23. The maximum absolute atomic E-state index is 14.0. The third-order valence-electron chi connectivity index (χ3n) is 6.35. The topological polar surface area (TPSA) is 69.0 Å². The Morgan fingerprint density at radius 2 is 1.94 bits per heavy atom. The Balaban J connectivity index is 1.92. The van der Waals surface area contributed by atoms with Crippen LogP contribution in [0.25, 0.3) is 21.9 Å². The van der Waals surface area contributed by atoms with Gasteiger partial charge in [0, 0.05) is 33.2 Å². The average molecular weight is 512 g/mol. The Labute approximate surface area is 201 Å². The van der Waals surface area contributed by atoms with Crippen molar-refractivity contribution in [2.24, 2.45) is 0 Å². The van der Waals surface area contributed by atoms with E-state index in [-0.39, 0.29) is 30.2 Å². The van der Waals surface area contributed by atoms with Crippen LogP contribution in [0.5, 0.6) is 0 Å². The number of benzene rings is 2.